The van der Waals surface area contributed by atoms with Crippen LogP contribution >= 0.6 is 0 Å². The van der Waals surface area contributed by atoms with E-state index in [0.29, 0.717) is 11.5 Å². The first kappa shape index (κ1) is 17.3. The highest BCUT2D eigenvalue weighted by molar-refractivity contribution is 6.05. The zero-order valence-corrected chi connectivity index (χ0v) is 14.2. The molecular formula is C18H17N3O5. The predicted molar refractivity (Wildman–Crippen MR) is 92.3 cm³/mol. The van der Waals surface area contributed by atoms with Crippen LogP contribution in [0.25, 0.3) is 0 Å². The summed E-state index contributed by atoms with van der Waals surface area (Å²) < 4.78 is 12.4. The molecule has 0 radical (unpaired) electrons. The molecule has 8 nitrogen and oxygen atoms in total. The van der Waals surface area contributed by atoms with Crippen molar-refractivity contribution in [3.63, 3.8) is 0 Å². The van der Waals surface area contributed by atoms with Crippen LogP contribution in [-0.4, -0.2) is 26.8 Å². The number of hydrogen-bond donors (Lipinski definition) is 2. The monoisotopic (exact) mass is 355 g/mol. The van der Waals surface area contributed by atoms with Gasteiger partial charge in [-0.05, 0) is 31.2 Å². The second-order valence-corrected chi connectivity index (χ2v) is 5.69. The molecule has 2 N–H and O–H groups in total. The Bertz CT molecular complexity index is 940. The Morgan fingerprint density at radius 1 is 1.23 bits per heavy atom. The minimum absolute atomic E-state index is 0.0488. The Kier molecular flexibility index (Phi) is 4.74. The fourth-order valence-corrected chi connectivity index (χ4v) is 2.29. The number of carboxylic acid groups (broad SMARTS) is 1. The third-order valence-corrected chi connectivity index (χ3v) is 3.57. The molecule has 2 heterocycles. The lowest BCUT2D eigenvalue weighted by Crippen LogP contribution is -2.13. The number of carbonyl (C=O) groups is 2. The highest BCUT2D eigenvalue weighted by Crippen LogP contribution is 2.18. The molecule has 1 aromatic carbocycles. The molecule has 0 spiro atoms. The van der Waals surface area contributed by atoms with Crippen molar-refractivity contribution in [1.29, 1.82) is 0 Å². The number of aryl methyl sites for hydroxylation is 2. The van der Waals surface area contributed by atoms with E-state index in [9.17, 15) is 9.59 Å². The van der Waals surface area contributed by atoms with E-state index >= 15 is 0 Å². The first-order valence-corrected chi connectivity index (χ1v) is 7.79. The highest BCUT2D eigenvalue weighted by atomic mass is 16.5. The van der Waals surface area contributed by atoms with Crippen LogP contribution in [0.5, 0.6) is 5.75 Å². The second-order valence-electron chi connectivity index (χ2n) is 5.69. The first-order chi connectivity index (χ1) is 12.4. The van der Waals surface area contributed by atoms with Crippen LogP contribution in [0.4, 0.5) is 5.69 Å². The van der Waals surface area contributed by atoms with Gasteiger partial charge < -0.3 is 19.6 Å². The number of nitrogens with zero attached hydrogens (tertiary/aromatic N) is 2. The Balaban J connectivity index is 1.64. The van der Waals surface area contributed by atoms with Crippen molar-refractivity contribution in [2.24, 2.45) is 7.05 Å². The lowest BCUT2D eigenvalue weighted by atomic mass is 10.2. The number of nitrogens with one attached hydrogen (secondary N) is 1. The Morgan fingerprint density at radius 3 is 2.65 bits per heavy atom. The van der Waals surface area contributed by atoms with Crippen LogP contribution in [0.15, 0.2) is 47.0 Å². The van der Waals surface area contributed by atoms with Gasteiger partial charge in [0.25, 0.3) is 5.91 Å². The molecule has 0 saturated heterocycles. The smallest absolute Gasteiger partial charge is 0.358 e. The largest absolute Gasteiger partial charge is 0.486 e. The van der Waals surface area contributed by atoms with Crippen molar-refractivity contribution in [3.8, 4) is 5.75 Å². The molecule has 3 aromatic rings. The maximum Gasteiger partial charge on any atom is 0.358 e. The van der Waals surface area contributed by atoms with Gasteiger partial charge in [-0.2, -0.15) is 5.10 Å². The molecule has 1 amide bonds. The van der Waals surface area contributed by atoms with Gasteiger partial charge in [-0.3, -0.25) is 9.48 Å². The summed E-state index contributed by atoms with van der Waals surface area (Å²) in [5.41, 5.74) is 0.986. The van der Waals surface area contributed by atoms with Gasteiger partial charge >= 0.3 is 5.97 Å². The van der Waals surface area contributed by atoms with E-state index in [-0.39, 0.29) is 23.7 Å². The summed E-state index contributed by atoms with van der Waals surface area (Å²) in [6.45, 7) is 2.16. The van der Waals surface area contributed by atoms with Gasteiger partial charge in [-0.15, -0.1) is 0 Å². The Hall–Kier alpha value is -3.55. The van der Waals surface area contributed by atoms with Gasteiger partial charge in [0.15, 0.2) is 11.5 Å². The highest BCUT2D eigenvalue weighted by Gasteiger charge is 2.19. The fourth-order valence-electron chi connectivity index (χ4n) is 2.29. The number of hydrogen-bond acceptors (Lipinski definition) is 5. The molecule has 3 rings (SSSR count). The third kappa shape index (κ3) is 3.92. The number of furan rings is 1. The van der Waals surface area contributed by atoms with E-state index in [4.69, 9.17) is 14.3 Å². The summed E-state index contributed by atoms with van der Waals surface area (Å²) in [4.78, 5) is 23.4. The second kappa shape index (κ2) is 7.14. The quantitative estimate of drug-likeness (QED) is 0.704. The maximum atomic E-state index is 12.2. The Morgan fingerprint density at radius 2 is 1.96 bits per heavy atom. The molecule has 134 valence electrons. The molecule has 8 heteroatoms. The van der Waals surface area contributed by atoms with Gasteiger partial charge in [0.2, 0.25) is 0 Å². The van der Waals surface area contributed by atoms with E-state index in [1.54, 1.807) is 13.1 Å². The van der Waals surface area contributed by atoms with Gasteiger partial charge in [-0.1, -0.05) is 17.7 Å². The van der Waals surface area contributed by atoms with Crippen LogP contribution in [0.1, 0.15) is 32.4 Å². The summed E-state index contributed by atoms with van der Waals surface area (Å²) in [5.74, 6) is -0.581. The van der Waals surface area contributed by atoms with Crippen molar-refractivity contribution >= 4 is 17.6 Å². The summed E-state index contributed by atoms with van der Waals surface area (Å²) in [7, 11) is 1.56. The molecule has 0 fully saturated rings. The van der Waals surface area contributed by atoms with Crippen molar-refractivity contribution in [3.05, 3.63) is 65.4 Å². The van der Waals surface area contributed by atoms with E-state index < -0.39 is 11.9 Å². The van der Waals surface area contributed by atoms with Crippen molar-refractivity contribution < 1.29 is 23.8 Å². The molecule has 26 heavy (non-hydrogen) atoms. The number of ether oxygens (including phenoxy) is 1. The van der Waals surface area contributed by atoms with Crippen molar-refractivity contribution in [2.45, 2.75) is 13.5 Å². The topological polar surface area (TPSA) is 107 Å². The van der Waals surface area contributed by atoms with E-state index in [1.165, 1.54) is 16.9 Å². The molecule has 2 aromatic heterocycles. The van der Waals surface area contributed by atoms with Crippen molar-refractivity contribution in [1.82, 2.24) is 9.78 Å². The lowest BCUT2D eigenvalue weighted by molar-refractivity contribution is 0.0690. The molecule has 0 aliphatic heterocycles. The minimum atomic E-state index is -1.23. The lowest BCUT2D eigenvalue weighted by Gasteiger charge is -2.04. The molecule has 0 bridgehead atoms. The fraction of sp³-hybridized carbons (Fsp3) is 0.167. The van der Waals surface area contributed by atoms with E-state index in [1.807, 2.05) is 31.2 Å². The van der Waals surface area contributed by atoms with Gasteiger partial charge in [0.1, 0.15) is 18.1 Å². The Labute approximate surface area is 149 Å². The van der Waals surface area contributed by atoms with Crippen LogP contribution in [0.3, 0.4) is 0 Å². The number of amides is 1. The number of carbonyl (C=O) groups excluding carboxylic acids is 1. The summed E-state index contributed by atoms with van der Waals surface area (Å²) in [6.07, 6.45) is 1.41. The zero-order valence-electron chi connectivity index (χ0n) is 14.2. The van der Waals surface area contributed by atoms with E-state index in [2.05, 4.69) is 10.4 Å². The SMILES string of the molecule is Cc1ccc(OCc2ccc(C(=O)Nc3cn(C)nc3C(=O)O)o2)cc1. The average molecular weight is 355 g/mol. The van der Waals surface area contributed by atoms with Gasteiger partial charge in [-0.25, -0.2) is 4.79 Å². The molecule has 0 unspecified atom stereocenters. The van der Waals surface area contributed by atoms with Gasteiger partial charge in [0, 0.05) is 13.2 Å². The maximum absolute atomic E-state index is 12.2. The van der Waals surface area contributed by atoms with Crippen LogP contribution in [-0.2, 0) is 13.7 Å². The molecular weight excluding hydrogens is 338 g/mol. The predicted octanol–water partition coefficient (Wildman–Crippen LogP) is 2.85. The number of aromatic nitrogens is 2. The van der Waals surface area contributed by atoms with E-state index in [0.717, 1.165) is 5.56 Å². The number of aromatic carboxylic acids is 1. The number of rotatable bonds is 6. The van der Waals surface area contributed by atoms with Crippen LogP contribution in [0, 0.1) is 6.92 Å². The summed E-state index contributed by atoms with van der Waals surface area (Å²) in [6, 6.07) is 10.7. The zero-order chi connectivity index (χ0) is 18.7. The molecule has 0 aliphatic carbocycles. The van der Waals surface area contributed by atoms with Crippen molar-refractivity contribution in [2.75, 3.05) is 5.32 Å². The molecule has 0 aliphatic rings. The molecule has 0 saturated carbocycles. The number of benzene rings is 1. The molecule has 0 atom stereocenters. The number of anilines is 1. The normalized spacial score (nSPS) is 10.5. The minimum Gasteiger partial charge on any atom is -0.486 e. The summed E-state index contributed by atoms with van der Waals surface area (Å²) >= 11 is 0. The van der Waals surface area contributed by atoms with Crippen LogP contribution < -0.4 is 10.1 Å². The first-order valence-electron chi connectivity index (χ1n) is 7.79. The van der Waals surface area contributed by atoms with Crippen LogP contribution in [0.2, 0.25) is 0 Å². The summed E-state index contributed by atoms with van der Waals surface area (Å²) in [5, 5.41) is 15.4. The average Bonchev–Trinajstić information content (AvgIpc) is 3.21. The number of carboxylic acids is 1. The van der Waals surface area contributed by atoms with Gasteiger partial charge in [0.05, 0.1) is 5.69 Å². The third-order valence-electron chi connectivity index (χ3n) is 3.57. The standard InChI is InChI=1S/C18H17N3O5/c1-11-3-5-12(6-4-11)25-10-13-7-8-15(26-13)17(22)19-14-9-21(2)20-16(14)18(23)24/h3-9H,10H2,1-2H3,(H,19,22)(H,23,24).